The summed E-state index contributed by atoms with van der Waals surface area (Å²) in [4.78, 5) is 28.6. The van der Waals surface area contributed by atoms with Crippen LogP contribution in [0.5, 0.6) is 0 Å². The van der Waals surface area contributed by atoms with E-state index >= 15 is 0 Å². The molecular formula is C30H35Cl2N3O4S. The summed E-state index contributed by atoms with van der Waals surface area (Å²) in [5.74, 6) is -0.947. The van der Waals surface area contributed by atoms with Gasteiger partial charge >= 0.3 is 0 Å². The van der Waals surface area contributed by atoms with E-state index in [0.29, 0.717) is 21.3 Å². The molecule has 0 fully saturated rings. The molecule has 2 amide bonds. The molecule has 0 spiro atoms. The minimum atomic E-state index is -4.12. The minimum Gasteiger partial charge on any atom is -0.350 e. The maximum Gasteiger partial charge on any atom is 0.264 e. The first kappa shape index (κ1) is 31.5. The van der Waals surface area contributed by atoms with E-state index in [4.69, 9.17) is 23.2 Å². The number of rotatable bonds is 10. The van der Waals surface area contributed by atoms with Crippen molar-refractivity contribution in [2.75, 3.05) is 10.8 Å². The topological polar surface area (TPSA) is 86.8 Å². The summed E-state index contributed by atoms with van der Waals surface area (Å²) in [6.45, 7) is 8.58. The largest absolute Gasteiger partial charge is 0.350 e. The SMILES string of the molecule is CCc1ccc(N(CC(=O)N(Cc2ccc(Cl)cc2Cl)C(C)C(=O)NC(C)(C)C)S(=O)(=O)c2ccccc2)cc1. The van der Waals surface area contributed by atoms with E-state index in [-0.39, 0.29) is 17.3 Å². The molecular weight excluding hydrogens is 569 g/mol. The average molecular weight is 605 g/mol. The maximum atomic E-state index is 14.0. The number of hydrogen-bond donors (Lipinski definition) is 1. The highest BCUT2D eigenvalue weighted by Crippen LogP contribution is 2.27. The van der Waals surface area contributed by atoms with Gasteiger partial charge in [-0.15, -0.1) is 0 Å². The van der Waals surface area contributed by atoms with E-state index in [1.807, 2.05) is 39.8 Å². The van der Waals surface area contributed by atoms with Gasteiger partial charge in [-0.3, -0.25) is 13.9 Å². The third-order valence-corrected chi connectivity index (χ3v) is 8.64. The van der Waals surface area contributed by atoms with E-state index in [1.165, 1.54) is 17.0 Å². The molecule has 1 N–H and O–H groups in total. The van der Waals surface area contributed by atoms with Crippen LogP contribution in [0.1, 0.15) is 45.7 Å². The van der Waals surface area contributed by atoms with Gasteiger partial charge in [-0.05, 0) is 81.6 Å². The molecule has 3 rings (SSSR count). The van der Waals surface area contributed by atoms with Crippen LogP contribution >= 0.6 is 23.2 Å². The third-order valence-electron chi connectivity index (χ3n) is 6.26. The van der Waals surface area contributed by atoms with Crippen molar-refractivity contribution in [2.45, 2.75) is 64.1 Å². The molecule has 7 nitrogen and oxygen atoms in total. The van der Waals surface area contributed by atoms with Crippen molar-refractivity contribution >= 4 is 50.7 Å². The van der Waals surface area contributed by atoms with Crippen molar-refractivity contribution in [1.82, 2.24) is 10.2 Å². The predicted octanol–water partition coefficient (Wildman–Crippen LogP) is 6.08. The Kier molecular flexibility index (Phi) is 10.3. The van der Waals surface area contributed by atoms with Crippen LogP contribution in [-0.2, 0) is 32.6 Å². The Morgan fingerprint density at radius 2 is 1.57 bits per heavy atom. The summed E-state index contributed by atoms with van der Waals surface area (Å²) in [6, 6.07) is 18.9. The molecule has 40 heavy (non-hydrogen) atoms. The summed E-state index contributed by atoms with van der Waals surface area (Å²) < 4.78 is 28.7. The number of halogens is 2. The molecule has 0 aliphatic rings. The molecule has 3 aromatic rings. The van der Waals surface area contributed by atoms with Crippen LogP contribution < -0.4 is 9.62 Å². The monoisotopic (exact) mass is 603 g/mol. The zero-order valence-corrected chi connectivity index (χ0v) is 25.6. The second-order valence-electron chi connectivity index (χ2n) is 10.5. The molecule has 0 bridgehead atoms. The summed E-state index contributed by atoms with van der Waals surface area (Å²) in [6.07, 6.45) is 0.778. The molecule has 0 radical (unpaired) electrons. The number of hydrogen-bond acceptors (Lipinski definition) is 4. The average Bonchev–Trinajstić information content (AvgIpc) is 2.90. The highest BCUT2D eigenvalue weighted by atomic mass is 35.5. The Bertz CT molecular complexity index is 1440. The number of amides is 2. The Morgan fingerprint density at radius 3 is 2.12 bits per heavy atom. The first-order valence-electron chi connectivity index (χ1n) is 12.9. The zero-order valence-electron chi connectivity index (χ0n) is 23.3. The Balaban J connectivity index is 2.05. The Morgan fingerprint density at radius 1 is 0.950 bits per heavy atom. The summed E-state index contributed by atoms with van der Waals surface area (Å²) in [5.41, 5.74) is 1.39. The van der Waals surface area contributed by atoms with Crippen molar-refractivity contribution < 1.29 is 18.0 Å². The molecule has 0 aromatic heterocycles. The smallest absolute Gasteiger partial charge is 0.264 e. The fourth-order valence-electron chi connectivity index (χ4n) is 4.04. The van der Waals surface area contributed by atoms with Gasteiger partial charge in [-0.25, -0.2) is 8.42 Å². The van der Waals surface area contributed by atoms with E-state index < -0.39 is 34.1 Å². The lowest BCUT2D eigenvalue weighted by atomic mass is 10.1. The molecule has 214 valence electrons. The highest BCUT2D eigenvalue weighted by molar-refractivity contribution is 7.92. The standard InChI is InChI=1S/C30H35Cl2N3O4S/c1-6-22-12-16-25(17-13-22)35(40(38,39)26-10-8-7-9-11-26)20-28(36)34(21(2)29(37)33-30(3,4)5)19-23-14-15-24(31)18-27(23)32/h7-18,21H,6,19-20H2,1-5H3,(H,33,37). The molecule has 1 atom stereocenters. The maximum absolute atomic E-state index is 14.0. The fraction of sp³-hybridized carbons (Fsp3) is 0.333. The van der Waals surface area contributed by atoms with E-state index in [0.717, 1.165) is 16.3 Å². The number of aryl methyl sites for hydroxylation is 1. The van der Waals surface area contributed by atoms with Gasteiger partial charge in [0, 0.05) is 22.1 Å². The lowest BCUT2D eigenvalue weighted by Gasteiger charge is -2.33. The van der Waals surface area contributed by atoms with Gasteiger partial charge in [-0.1, -0.05) is 66.5 Å². The molecule has 0 saturated carbocycles. The second-order valence-corrected chi connectivity index (χ2v) is 13.2. The number of carbonyl (C=O) groups is 2. The van der Waals surface area contributed by atoms with Crippen molar-refractivity contribution in [3.05, 3.63) is 94.0 Å². The molecule has 0 heterocycles. The fourth-order valence-corrected chi connectivity index (χ4v) is 5.94. The first-order chi connectivity index (χ1) is 18.7. The quantitative estimate of drug-likeness (QED) is 0.304. The highest BCUT2D eigenvalue weighted by Gasteiger charge is 2.33. The van der Waals surface area contributed by atoms with Crippen molar-refractivity contribution in [3.8, 4) is 0 Å². The summed E-state index contributed by atoms with van der Waals surface area (Å²) >= 11 is 12.5. The van der Waals surface area contributed by atoms with Crippen LogP contribution in [0.25, 0.3) is 0 Å². The van der Waals surface area contributed by atoms with E-state index in [1.54, 1.807) is 55.5 Å². The number of nitrogens with one attached hydrogen (secondary N) is 1. The van der Waals surface area contributed by atoms with E-state index in [2.05, 4.69) is 5.32 Å². The van der Waals surface area contributed by atoms with Crippen LogP contribution in [0.2, 0.25) is 10.0 Å². The van der Waals surface area contributed by atoms with Crippen molar-refractivity contribution in [2.24, 2.45) is 0 Å². The second kappa shape index (κ2) is 13.1. The normalized spacial score (nSPS) is 12.5. The van der Waals surface area contributed by atoms with Gasteiger partial charge < -0.3 is 10.2 Å². The lowest BCUT2D eigenvalue weighted by molar-refractivity contribution is -0.140. The molecule has 10 heteroatoms. The molecule has 0 saturated heterocycles. The lowest BCUT2D eigenvalue weighted by Crippen LogP contribution is -2.54. The van der Waals surface area contributed by atoms with Crippen LogP contribution in [0, 0.1) is 0 Å². The van der Waals surface area contributed by atoms with Gasteiger partial charge in [0.15, 0.2) is 0 Å². The summed E-state index contributed by atoms with van der Waals surface area (Å²) in [5, 5.41) is 3.66. The van der Waals surface area contributed by atoms with Gasteiger partial charge in [-0.2, -0.15) is 0 Å². The molecule has 3 aromatic carbocycles. The first-order valence-corrected chi connectivity index (χ1v) is 15.1. The molecule has 0 aliphatic carbocycles. The van der Waals surface area contributed by atoms with E-state index in [9.17, 15) is 18.0 Å². The van der Waals surface area contributed by atoms with Crippen molar-refractivity contribution in [3.63, 3.8) is 0 Å². The molecule has 0 aliphatic heterocycles. The number of carbonyl (C=O) groups excluding carboxylic acids is 2. The number of sulfonamides is 1. The van der Waals surface area contributed by atoms with Crippen LogP contribution in [-0.4, -0.2) is 43.3 Å². The Hall–Kier alpha value is -3.07. The third kappa shape index (κ3) is 7.99. The number of anilines is 1. The Labute approximate surface area is 247 Å². The zero-order chi connectivity index (χ0) is 29.7. The van der Waals surface area contributed by atoms with Gasteiger partial charge in [0.25, 0.3) is 10.0 Å². The number of benzene rings is 3. The van der Waals surface area contributed by atoms with Crippen LogP contribution in [0.4, 0.5) is 5.69 Å². The van der Waals surface area contributed by atoms with Gasteiger partial charge in [0.05, 0.1) is 10.6 Å². The van der Waals surface area contributed by atoms with Crippen molar-refractivity contribution in [1.29, 1.82) is 0 Å². The minimum absolute atomic E-state index is 0.0262. The van der Waals surface area contributed by atoms with Gasteiger partial charge in [0.1, 0.15) is 12.6 Å². The summed E-state index contributed by atoms with van der Waals surface area (Å²) in [7, 11) is -4.12. The predicted molar refractivity (Wildman–Crippen MR) is 161 cm³/mol. The van der Waals surface area contributed by atoms with Crippen LogP contribution in [0.15, 0.2) is 77.7 Å². The van der Waals surface area contributed by atoms with Crippen LogP contribution in [0.3, 0.4) is 0 Å². The molecule has 1 unspecified atom stereocenters. The number of nitrogens with zero attached hydrogens (tertiary/aromatic N) is 2. The van der Waals surface area contributed by atoms with Gasteiger partial charge in [0.2, 0.25) is 11.8 Å².